The second-order valence-corrected chi connectivity index (χ2v) is 8.15. The molecule has 1 aliphatic carbocycles. The first-order valence-electron chi connectivity index (χ1n) is 10.8. The fourth-order valence-electron chi connectivity index (χ4n) is 3.90. The summed E-state index contributed by atoms with van der Waals surface area (Å²) in [6.45, 7) is 7.60. The highest BCUT2D eigenvalue weighted by Gasteiger charge is 2.27. The first-order valence-corrected chi connectivity index (χ1v) is 10.8. The lowest BCUT2D eigenvalue weighted by Gasteiger charge is -2.14. The molecule has 2 aromatic carbocycles. The molecular weight excluding hydrogens is 406 g/mol. The number of hydrogen-bond donors (Lipinski definition) is 0. The Labute approximate surface area is 187 Å². The lowest BCUT2D eigenvalue weighted by atomic mass is 10.00. The van der Waals surface area contributed by atoms with E-state index in [0.717, 1.165) is 35.1 Å². The largest absolute Gasteiger partial charge is 0.490 e. The predicted molar refractivity (Wildman–Crippen MR) is 118 cm³/mol. The Bertz CT molecular complexity index is 1210. The second kappa shape index (κ2) is 8.83. The number of ether oxygens (including phenoxy) is 2. The van der Waals surface area contributed by atoms with Crippen molar-refractivity contribution >= 4 is 5.97 Å². The molecule has 0 amide bonds. The van der Waals surface area contributed by atoms with Crippen LogP contribution in [0.5, 0.6) is 5.75 Å². The van der Waals surface area contributed by atoms with Gasteiger partial charge >= 0.3 is 5.97 Å². The van der Waals surface area contributed by atoms with E-state index in [-0.39, 0.29) is 18.2 Å². The molecule has 0 saturated heterocycles. The number of nitrogens with zero attached hydrogens (tertiary/aromatic N) is 3. The maximum absolute atomic E-state index is 11.7. The standard InChI is InChI=1S/C25H25N3O4/c1-5-23(29)31-22-9-6-16-12-19(15(4)10-20(16)22)24-27-25(32-28-24)17-7-8-21(30-14(2)3)18(11-17)13-26/h7-8,10-12,14,22H,5-6,9H2,1-4H3. The van der Waals surface area contributed by atoms with Gasteiger partial charge in [0.1, 0.15) is 17.9 Å². The summed E-state index contributed by atoms with van der Waals surface area (Å²) in [5.41, 5.74) is 5.11. The van der Waals surface area contributed by atoms with Crippen molar-refractivity contribution in [1.82, 2.24) is 10.1 Å². The second-order valence-electron chi connectivity index (χ2n) is 8.15. The van der Waals surface area contributed by atoms with Crippen molar-refractivity contribution in [2.24, 2.45) is 0 Å². The van der Waals surface area contributed by atoms with Crippen LogP contribution in [0, 0.1) is 18.3 Å². The van der Waals surface area contributed by atoms with Gasteiger partial charge < -0.3 is 14.0 Å². The molecule has 4 rings (SSSR count). The highest BCUT2D eigenvalue weighted by molar-refractivity contribution is 5.70. The Morgan fingerprint density at radius 1 is 1.31 bits per heavy atom. The van der Waals surface area contributed by atoms with Gasteiger partial charge in [-0.25, -0.2) is 0 Å². The molecular formula is C25H25N3O4. The molecule has 0 aliphatic heterocycles. The molecule has 32 heavy (non-hydrogen) atoms. The molecule has 164 valence electrons. The molecule has 1 unspecified atom stereocenters. The molecule has 1 aromatic heterocycles. The van der Waals surface area contributed by atoms with Gasteiger partial charge in [-0.1, -0.05) is 18.1 Å². The van der Waals surface area contributed by atoms with Gasteiger partial charge in [-0.05, 0) is 74.6 Å². The van der Waals surface area contributed by atoms with E-state index in [1.165, 1.54) is 0 Å². The van der Waals surface area contributed by atoms with Crippen LogP contribution in [-0.2, 0) is 16.0 Å². The van der Waals surface area contributed by atoms with E-state index in [9.17, 15) is 10.1 Å². The highest BCUT2D eigenvalue weighted by Crippen LogP contribution is 2.38. The quantitative estimate of drug-likeness (QED) is 0.488. The van der Waals surface area contributed by atoms with Crippen molar-refractivity contribution in [2.45, 2.75) is 59.2 Å². The van der Waals surface area contributed by atoms with Gasteiger partial charge in [0.15, 0.2) is 0 Å². The van der Waals surface area contributed by atoms with E-state index in [4.69, 9.17) is 14.0 Å². The summed E-state index contributed by atoms with van der Waals surface area (Å²) < 4.78 is 16.8. The summed E-state index contributed by atoms with van der Waals surface area (Å²) in [5, 5.41) is 13.6. The summed E-state index contributed by atoms with van der Waals surface area (Å²) in [4.78, 5) is 16.3. The number of nitriles is 1. The number of rotatable bonds is 6. The molecule has 1 heterocycles. The average molecular weight is 431 g/mol. The molecule has 0 saturated carbocycles. The topological polar surface area (TPSA) is 98.2 Å². The number of carbonyl (C=O) groups is 1. The van der Waals surface area contributed by atoms with Crippen LogP contribution < -0.4 is 4.74 Å². The van der Waals surface area contributed by atoms with Gasteiger partial charge in [-0.15, -0.1) is 0 Å². The van der Waals surface area contributed by atoms with Crippen LogP contribution in [0.3, 0.4) is 0 Å². The third kappa shape index (κ3) is 4.22. The smallest absolute Gasteiger partial charge is 0.306 e. The fraction of sp³-hybridized carbons (Fsp3) is 0.360. The van der Waals surface area contributed by atoms with Gasteiger partial charge in [0.05, 0.1) is 11.7 Å². The average Bonchev–Trinajstić information content (AvgIpc) is 3.40. The predicted octanol–water partition coefficient (Wildman–Crippen LogP) is 5.31. The van der Waals surface area contributed by atoms with Gasteiger partial charge in [0.25, 0.3) is 5.89 Å². The lowest BCUT2D eigenvalue weighted by molar-refractivity contribution is -0.149. The molecule has 3 aromatic rings. The van der Waals surface area contributed by atoms with Gasteiger partial charge in [0.2, 0.25) is 5.82 Å². The first-order chi connectivity index (χ1) is 15.4. The van der Waals surface area contributed by atoms with Crippen LogP contribution in [-0.4, -0.2) is 22.2 Å². The zero-order valence-electron chi connectivity index (χ0n) is 18.6. The van der Waals surface area contributed by atoms with E-state index in [2.05, 4.69) is 22.3 Å². The summed E-state index contributed by atoms with van der Waals surface area (Å²) in [7, 11) is 0. The van der Waals surface area contributed by atoms with Crippen LogP contribution in [0.25, 0.3) is 22.8 Å². The summed E-state index contributed by atoms with van der Waals surface area (Å²) in [5.74, 6) is 1.16. The number of aromatic nitrogens is 2. The molecule has 0 radical (unpaired) electrons. The fourth-order valence-corrected chi connectivity index (χ4v) is 3.90. The number of esters is 1. The summed E-state index contributed by atoms with van der Waals surface area (Å²) >= 11 is 0. The number of fused-ring (bicyclic) bond motifs is 1. The minimum Gasteiger partial charge on any atom is -0.490 e. The SMILES string of the molecule is CCC(=O)OC1CCc2cc(-c3noc(-c4ccc(OC(C)C)c(C#N)c4)n3)c(C)cc21. The number of benzene rings is 2. The highest BCUT2D eigenvalue weighted by atomic mass is 16.5. The molecule has 1 aliphatic rings. The number of carbonyl (C=O) groups excluding carboxylic acids is 1. The van der Waals surface area contributed by atoms with Crippen molar-refractivity contribution < 1.29 is 18.8 Å². The third-order valence-electron chi connectivity index (χ3n) is 5.45. The van der Waals surface area contributed by atoms with Crippen molar-refractivity contribution in [3.05, 3.63) is 52.6 Å². The first kappa shape index (κ1) is 21.6. The van der Waals surface area contributed by atoms with Crippen molar-refractivity contribution in [1.29, 1.82) is 5.26 Å². The maximum Gasteiger partial charge on any atom is 0.306 e. The van der Waals surface area contributed by atoms with Gasteiger partial charge in [-0.3, -0.25) is 4.79 Å². The lowest BCUT2D eigenvalue weighted by Crippen LogP contribution is -2.08. The monoisotopic (exact) mass is 431 g/mol. The third-order valence-corrected chi connectivity index (χ3v) is 5.45. The molecule has 0 bridgehead atoms. The molecule has 0 spiro atoms. The molecule has 0 fully saturated rings. The molecule has 0 N–H and O–H groups in total. The summed E-state index contributed by atoms with van der Waals surface area (Å²) in [6.07, 6.45) is 1.76. The van der Waals surface area contributed by atoms with E-state index in [1.807, 2.05) is 26.8 Å². The van der Waals surface area contributed by atoms with Crippen LogP contribution in [0.2, 0.25) is 0 Å². The van der Waals surface area contributed by atoms with E-state index in [0.29, 0.717) is 35.0 Å². The Balaban J connectivity index is 1.62. The molecule has 7 nitrogen and oxygen atoms in total. The minimum absolute atomic E-state index is 0.0316. The normalized spacial score (nSPS) is 14.8. The Morgan fingerprint density at radius 2 is 2.12 bits per heavy atom. The van der Waals surface area contributed by atoms with Crippen molar-refractivity contribution in [3.63, 3.8) is 0 Å². The van der Waals surface area contributed by atoms with Crippen LogP contribution in [0.1, 0.15) is 62.0 Å². The van der Waals surface area contributed by atoms with Crippen LogP contribution in [0.15, 0.2) is 34.9 Å². The van der Waals surface area contributed by atoms with Gasteiger partial charge in [0, 0.05) is 17.5 Å². The van der Waals surface area contributed by atoms with E-state index >= 15 is 0 Å². The van der Waals surface area contributed by atoms with E-state index in [1.54, 1.807) is 25.1 Å². The van der Waals surface area contributed by atoms with E-state index < -0.39 is 0 Å². The molecule has 1 atom stereocenters. The van der Waals surface area contributed by atoms with Crippen molar-refractivity contribution in [2.75, 3.05) is 0 Å². The number of hydrogen-bond acceptors (Lipinski definition) is 7. The maximum atomic E-state index is 11.7. The van der Waals surface area contributed by atoms with Crippen LogP contribution in [0.4, 0.5) is 0 Å². The Morgan fingerprint density at radius 3 is 2.84 bits per heavy atom. The Kier molecular flexibility index (Phi) is 5.95. The zero-order valence-corrected chi connectivity index (χ0v) is 18.6. The minimum atomic E-state index is -0.193. The Hall–Kier alpha value is -3.66. The van der Waals surface area contributed by atoms with Crippen LogP contribution >= 0.6 is 0 Å². The number of aryl methyl sites for hydroxylation is 2. The zero-order chi connectivity index (χ0) is 22.8. The van der Waals surface area contributed by atoms with Gasteiger partial charge in [-0.2, -0.15) is 10.2 Å². The van der Waals surface area contributed by atoms with Crippen molar-refractivity contribution in [3.8, 4) is 34.7 Å². The summed E-state index contributed by atoms with van der Waals surface area (Å²) in [6, 6.07) is 11.5. The molecule has 7 heteroatoms.